The van der Waals surface area contributed by atoms with E-state index in [4.69, 9.17) is 4.98 Å². The normalized spacial score (nSPS) is 13.4. The Hall–Kier alpha value is -3.32. The van der Waals surface area contributed by atoms with Gasteiger partial charge in [-0.1, -0.05) is 36.4 Å². The largest absolute Gasteiger partial charge is 0.356 e. The zero-order chi connectivity index (χ0) is 22.8. The van der Waals surface area contributed by atoms with Gasteiger partial charge in [-0.15, -0.1) is 11.3 Å². The molecule has 1 saturated carbocycles. The first-order valence-corrected chi connectivity index (χ1v) is 12.2. The van der Waals surface area contributed by atoms with Crippen molar-refractivity contribution in [2.24, 2.45) is 0 Å². The second kappa shape index (κ2) is 9.27. The number of carbonyl (C=O) groups is 1. The number of aryl methyl sites for hydroxylation is 2. The summed E-state index contributed by atoms with van der Waals surface area (Å²) in [4.78, 5) is 34.6. The first kappa shape index (κ1) is 21.5. The topological polar surface area (TPSA) is 76.9 Å². The van der Waals surface area contributed by atoms with Crippen LogP contribution in [0.25, 0.3) is 22.2 Å². The lowest BCUT2D eigenvalue weighted by atomic mass is 10.1. The molecule has 2 aromatic heterocycles. The maximum Gasteiger partial charge on any atom is 0.261 e. The Balaban J connectivity index is 1.17. The lowest BCUT2D eigenvalue weighted by molar-refractivity contribution is -0.121. The Kier molecular flexibility index (Phi) is 6.05. The van der Waals surface area contributed by atoms with Crippen molar-refractivity contribution in [3.05, 3.63) is 80.7 Å². The van der Waals surface area contributed by atoms with Crippen LogP contribution in [0.2, 0.25) is 0 Å². The third-order valence-electron chi connectivity index (χ3n) is 5.97. The molecule has 6 nitrogen and oxygen atoms in total. The van der Waals surface area contributed by atoms with Gasteiger partial charge in [0, 0.05) is 36.4 Å². The van der Waals surface area contributed by atoms with Crippen molar-refractivity contribution in [1.82, 2.24) is 19.9 Å². The van der Waals surface area contributed by atoms with E-state index in [0.717, 1.165) is 35.5 Å². The van der Waals surface area contributed by atoms with Gasteiger partial charge in [0.1, 0.15) is 5.82 Å². The summed E-state index contributed by atoms with van der Waals surface area (Å²) in [6, 6.07) is 16.0. The zero-order valence-corrected chi connectivity index (χ0v) is 19.4. The van der Waals surface area contributed by atoms with Crippen LogP contribution in [-0.4, -0.2) is 27.0 Å². The Morgan fingerprint density at radius 1 is 1.09 bits per heavy atom. The number of benzene rings is 2. The molecule has 1 aliphatic rings. The second-order valence-corrected chi connectivity index (χ2v) is 9.56. The van der Waals surface area contributed by atoms with Gasteiger partial charge in [-0.25, -0.2) is 9.97 Å². The number of rotatable bonds is 8. The van der Waals surface area contributed by atoms with E-state index in [1.807, 2.05) is 31.2 Å². The minimum Gasteiger partial charge on any atom is -0.356 e. The van der Waals surface area contributed by atoms with Gasteiger partial charge in [0.05, 0.1) is 21.6 Å². The molecule has 2 heterocycles. The van der Waals surface area contributed by atoms with Crippen molar-refractivity contribution in [3.8, 4) is 11.3 Å². The van der Waals surface area contributed by atoms with Gasteiger partial charge in [0.2, 0.25) is 5.91 Å². The molecular weight excluding hydrogens is 432 g/mol. The van der Waals surface area contributed by atoms with Crippen molar-refractivity contribution in [1.29, 1.82) is 0 Å². The Bertz CT molecular complexity index is 1350. The number of hydrogen-bond donors (Lipinski definition) is 1. The van der Waals surface area contributed by atoms with Crippen molar-refractivity contribution < 1.29 is 4.79 Å². The first-order chi connectivity index (χ1) is 16.1. The molecule has 1 N–H and O–H groups in total. The van der Waals surface area contributed by atoms with Crippen LogP contribution in [0, 0.1) is 6.92 Å². The highest BCUT2D eigenvalue weighted by Gasteiger charge is 2.28. The monoisotopic (exact) mass is 458 g/mol. The summed E-state index contributed by atoms with van der Waals surface area (Å²) < 4.78 is 1.81. The summed E-state index contributed by atoms with van der Waals surface area (Å²) in [5, 5.41) is 6.78. The number of thiazole rings is 1. The van der Waals surface area contributed by atoms with Crippen molar-refractivity contribution in [2.45, 2.75) is 45.1 Å². The molecule has 7 heteroatoms. The van der Waals surface area contributed by atoms with Crippen LogP contribution in [0.15, 0.2) is 58.7 Å². The molecule has 0 aliphatic heterocycles. The molecule has 0 atom stereocenters. The number of hydrogen-bond acceptors (Lipinski definition) is 5. The highest BCUT2D eigenvalue weighted by atomic mass is 32.1. The fourth-order valence-corrected chi connectivity index (χ4v) is 4.70. The molecular formula is C26H26N4O2S. The SMILES string of the molecule is Cc1nc(-c2ccc(CCNC(=O)CCc3nc4ccccc4c(=O)n3C3CC3)cc2)cs1. The van der Waals surface area contributed by atoms with E-state index in [1.165, 1.54) is 5.56 Å². The molecule has 1 fully saturated rings. The van der Waals surface area contributed by atoms with Crippen LogP contribution >= 0.6 is 11.3 Å². The van der Waals surface area contributed by atoms with Gasteiger partial charge in [0.15, 0.2) is 0 Å². The molecule has 0 radical (unpaired) electrons. The Labute approximate surface area is 196 Å². The zero-order valence-electron chi connectivity index (χ0n) is 18.6. The van der Waals surface area contributed by atoms with Gasteiger partial charge < -0.3 is 5.32 Å². The van der Waals surface area contributed by atoms with E-state index in [-0.39, 0.29) is 17.5 Å². The van der Waals surface area contributed by atoms with Gasteiger partial charge in [-0.2, -0.15) is 0 Å². The maximum absolute atomic E-state index is 12.9. The standard InChI is InChI=1S/C26H26N4O2S/c1-17-28-23(16-33-17)19-8-6-18(7-9-19)14-15-27-25(31)13-12-24-29-22-5-3-2-4-21(22)26(32)30(24)20-10-11-20/h2-9,16,20H,10-15H2,1H3,(H,27,31). The van der Waals surface area contributed by atoms with Crippen LogP contribution in [0.4, 0.5) is 0 Å². The molecule has 168 valence electrons. The quantitative estimate of drug-likeness (QED) is 0.423. The van der Waals surface area contributed by atoms with Gasteiger partial charge >= 0.3 is 0 Å². The van der Waals surface area contributed by atoms with Crippen molar-refractivity contribution in [3.63, 3.8) is 0 Å². The fraction of sp³-hybridized carbons (Fsp3) is 0.308. The molecule has 2 aromatic carbocycles. The van der Waals surface area contributed by atoms with E-state index in [9.17, 15) is 9.59 Å². The average Bonchev–Trinajstić information content (AvgIpc) is 3.57. The summed E-state index contributed by atoms with van der Waals surface area (Å²) in [5.41, 5.74) is 3.99. The predicted molar refractivity (Wildman–Crippen MR) is 132 cm³/mol. The van der Waals surface area contributed by atoms with Crippen molar-refractivity contribution >= 4 is 28.1 Å². The lowest BCUT2D eigenvalue weighted by Gasteiger charge is -2.13. The molecule has 0 saturated heterocycles. The van der Waals surface area contributed by atoms with E-state index in [0.29, 0.717) is 36.1 Å². The molecule has 5 rings (SSSR count). The molecule has 33 heavy (non-hydrogen) atoms. The predicted octanol–water partition coefficient (Wildman–Crippen LogP) is 4.45. The number of amides is 1. The molecule has 1 amide bonds. The number of para-hydroxylation sites is 1. The van der Waals surface area contributed by atoms with Gasteiger partial charge in [-0.05, 0) is 43.9 Å². The smallest absolute Gasteiger partial charge is 0.261 e. The number of aromatic nitrogens is 3. The van der Waals surface area contributed by atoms with E-state index in [1.54, 1.807) is 15.9 Å². The molecule has 0 bridgehead atoms. The lowest BCUT2D eigenvalue weighted by Crippen LogP contribution is -2.28. The van der Waals surface area contributed by atoms with Crippen LogP contribution in [-0.2, 0) is 17.6 Å². The third-order valence-corrected chi connectivity index (χ3v) is 6.75. The number of carbonyl (C=O) groups excluding carboxylic acids is 1. The molecule has 4 aromatic rings. The molecule has 1 aliphatic carbocycles. The molecule has 0 spiro atoms. The van der Waals surface area contributed by atoms with Crippen LogP contribution in [0.1, 0.15) is 41.7 Å². The maximum atomic E-state index is 12.9. The number of nitrogens with one attached hydrogen (secondary N) is 1. The third kappa shape index (κ3) is 4.88. The van der Waals surface area contributed by atoms with E-state index in [2.05, 4.69) is 39.9 Å². The van der Waals surface area contributed by atoms with Crippen LogP contribution in [0.3, 0.4) is 0 Å². The highest BCUT2D eigenvalue weighted by Crippen LogP contribution is 2.34. The summed E-state index contributed by atoms with van der Waals surface area (Å²) in [6.07, 6.45) is 3.55. The van der Waals surface area contributed by atoms with E-state index >= 15 is 0 Å². The summed E-state index contributed by atoms with van der Waals surface area (Å²) in [5.74, 6) is 0.693. The fourth-order valence-electron chi connectivity index (χ4n) is 4.08. The number of nitrogens with zero attached hydrogens (tertiary/aromatic N) is 3. The average molecular weight is 459 g/mol. The summed E-state index contributed by atoms with van der Waals surface area (Å²) in [7, 11) is 0. The number of fused-ring (bicyclic) bond motifs is 1. The van der Waals surface area contributed by atoms with Crippen LogP contribution in [0.5, 0.6) is 0 Å². The highest BCUT2D eigenvalue weighted by molar-refractivity contribution is 7.09. The minimum absolute atomic E-state index is 0.00904. The second-order valence-electron chi connectivity index (χ2n) is 8.50. The van der Waals surface area contributed by atoms with Gasteiger partial charge in [0.25, 0.3) is 5.56 Å². The Morgan fingerprint density at radius 3 is 2.61 bits per heavy atom. The van der Waals surface area contributed by atoms with E-state index < -0.39 is 0 Å². The first-order valence-electron chi connectivity index (χ1n) is 11.4. The minimum atomic E-state index is -0.0191. The summed E-state index contributed by atoms with van der Waals surface area (Å²) in [6.45, 7) is 2.58. The Morgan fingerprint density at radius 2 is 1.88 bits per heavy atom. The molecule has 0 unspecified atom stereocenters. The van der Waals surface area contributed by atoms with Gasteiger partial charge in [-0.3, -0.25) is 14.2 Å². The van der Waals surface area contributed by atoms with Crippen LogP contribution < -0.4 is 10.9 Å². The summed E-state index contributed by atoms with van der Waals surface area (Å²) >= 11 is 1.65. The van der Waals surface area contributed by atoms with Crippen molar-refractivity contribution in [2.75, 3.05) is 6.54 Å².